The zero-order valence-electron chi connectivity index (χ0n) is 11.3. The van der Waals surface area contributed by atoms with Gasteiger partial charge in [0.15, 0.2) is 0 Å². The summed E-state index contributed by atoms with van der Waals surface area (Å²) in [6.45, 7) is 2.87. The highest BCUT2D eigenvalue weighted by Crippen LogP contribution is 2.43. The molecule has 0 radical (unpaired) electrons. The second kappa shape index (κ2) is 4.44. The van der Waals surface area contributed by atoms with Crippen LogP contribution >= 0.6 is 0 Å². The lowest BCUT2D eigenvalue weighted by atomic mass is 9.89. The molecule has 0 aliphatic carbocycles. The summed E-state index contributed by atoms with van der Waals surface area (Å²) >= 11 is 0. The average molecular weight is 261 g/mol. The Balaban J connectivity index is 1.94. The predicted octanol–water partition coefficient (Wildman–Crippen LogP) is 2.09. The smallest absolute Gasteiger partial charge is 0.303 e. The fourth-order valence-corrected chi connectivity index (χ4v) is 3.32. The molecule has 19 heavy (non-hydrogen) atoms. The minimum Gasteiger partial charge on any atom is -0.488 e. The number of ether oxygens (including phenoxy) is 1. The Hall–Kier alpha value is -1.71. The summed E-state index contributed by atoms with van der Waals surface area (Å²) in [6.07, 6.45) is 2.27. The highest BCUT2D eigenvalue weighted by molar-refractivity contribution is 5.71. The average Bonchev–Trinajstić information content (AvgIpc) is 2.67. The molecule has 0 saturated carbocycles. The second-order valence-corrected chi connectivity index (χ2v) is 5.74. The van der Waals surface area contributed by atoms with Crippen molar-refractivity contribution in [3.63, 3.8) is 0 Å². The molecule has 3 rings (SSSR count). The molecule has 0 spiro atoms. The maximum absolute atomic E-state index is 10.9. The van der Waals surface area contributed by atoms with Crippen LogP contribution in [-0.4, -0.2) is 30.8 Å². The number of fused-ring (bicyclic) bond motifs is 3. The molecule has 0 bridgehead atoms. The molecule has 0 aromatic heterocycles. The van der Waals surface area contributed by atoms with Crippen LogP contribution in [0.3, 0.4) is 0 Å². The van der Waals surface area contributed by atoms with E-state index in [-0.39, 0.29) is 18.4 Å². The van der Waals surface area contributed by atoms with E-state index in [1.165, 1.54) is 16.8 Å². The number of carboxylic acids is 1. The van der Waals surface area contributed by atoms with Gasteiger partial charge in [-0.05, 0) is 30.4 Å². The van der Waals surface area contributed by atoms with Gasteiger partial charge in [-0.2, -0.15) is 0 Å². The molecular formula is C15H19NO3. The first-order chi connectivity index (χ1) is 9.04. The lowest BCUT2D eigenvalue weighted by molar-refractivity contribution is -0.138. The third-order valence-corrected chi connectivity index (χ3v) is 4.01. The lowest BCUT2D eigenvalue weighted by Crippen LogP contribution is -2.33. The van der Waals surface area contributed by atoms with Gasteiger partial charge < -0.3 is 14.7 Å². The summed E-state index contributed by atoms with van der Waals surface area (Å²) in [7, 11) is 2.03. The van der Waals surface area contributed by atoms with E-state index in [0.29, 0.717) is 0 Å². The number of benzene rings is 1. The van der Waals surface area contributed by atoms with E-state index in [1.807, 2.05) is 7.05 Å². The van der Waals surface area contributed by atoms with Gasteiger partial charge in [-0.15, -0.1) is 0 Å². The van der Waals surface area contributed by atoms with Crippen LogP contribution in [0, 0.1) is 5.92 Å². The van der Waals surface area contributed by atoms with Gasteiger partial charge in [0.05, 0.1) is 12.1 Å². The molecule has 2 atom stereocenters. The number of aliphatic carboxylic acids is 1. The zero-order valence-corrected chi connectivity index (χ0v) is 11.3. The number of nitrogens with zero attached hydrogens (tertiary/aromatic N) is 1. The minimum absolute atomic E-state index is 0.187. The molecule has 2 heterocycles. The molecule has 102 valence electrons. The van der Waals surface area contributed by atoms with E-state index in [2.05, 4.69) is 24.0 Å². The predicted molar refractivity (Wildman–Crippen MR) is 73.0 cm³/mol. The third kappa shape index (κ3) is 2.15. The molecule has 0 fully saturated rings. The van der Waals surface area contributed by atoms with Gasteiger partial charge in [0.2, 0.25) is 0 Å². The summed E-state index contributed by atoms with van der Waals surface area (Å²) < 4.78 is 5.93. The molecule has 2 aliphatic rings. The van der Waals surface area contributed by atoms with Gasteiger partial charge in [-0.1, -0.05) is 12.1 Å². The highest BCUT2D eigenvalue weighted by Gasteiger charge is 2.31. The van der Waals surface area contributed by atoms with E-state index in [1.54, 1.807) is 0 Å². The summed E-state index contributed by atoms with van der Waals surface area (Å²) in [4.78, 5) is 13.0. The monoisotopic (exact) mass is 261 g/mol. The van der Waals surface area contributed by atoms with Gasteiger partial charge in [0, 0.05) is 20.0 Å². The van der Waals surface area contributed by atoms with Crippen molar-refractivity contribution in [2.45, 2.75) is 32.3 Å². The molecule has 0 amide bonds. The van der Waals surface area contributed by atoms with Crippen molar-refractivity contribution >= 4 is 11.7 Å². The summed E-state index contributed by atoms with van der Waals surface area (Å²) in [5.41, 5.74) is 3.66. The lowest BCUT2D eigenvalue weighted by Gasteiger charge is -2.34. The van der Waals surface area contributed by atoms with Crippen LogP contribution in [0.2, 0.25) is 0 Å². The topological polar surface area (TPSA) is 49.8 Å². The molecule has 2 aliphatic heterocycles. The largest absolute Gasteiger partial charge is 0.488 e. The van der Waals surface area contributed by atoms with Crippen molar-refractivity contribution in [1.82, 2.24) is 0 Å². The van der Waals surface area contributed by atoms with Crippen LogP contribution in [0.25, 0.3) is 0 Å². The van der Waals surface area contributed by atoms with Crippen LogP contribution in [0.15, 0.2) is 12.1 Å². The van der Waals surface area contributed by atoms with Gasteiger partial charge in [0.25, 0.3) is 0 Å². The second-order valence-electron chi connectivity index (χ2n) is 5.74. The van der Waals surface area contributed by atoms with E-state index in [0.717, 1.165) is 25.1 Å². The molecule has 1 aromatic carbocycles. The van der Waals surface area contributed by atoms with E-state index in [9.17, 15) is 4.79 Å². The molecule has 1 N–H and O–H groups in total. The number of rotatable bonds is 2. The maximum Gasteiger partial charge on any atom is 0.303 e. The normalized spacial score (nSPS) is 24.6. The maximum atomic E-state index is 10.9. The van der Waals surface area contributed by atoms with Crippen molar-refractivity contribution in [1.29, 1.82) is 0 Å². The van der Waals surface area contributed by atoms with Crippen molar-refractivity contribution in [2.75, 3.05) is 18.5 Å². The van der Waals surface area contributed by atoms with Gasteiger partial charge >= 0.3 is 5.97 Å². The van der Waals surface area contributed by atoms with Gasteiger partial charge in [-0.3, -0.25) is 4.79 Å². The fraction of sp³-hybridized carbons (Fsp3) is 0.533. The molecule has 4 nitrogen and oxygen atoms in total. The van der Waals surface area contributed by atoms with Crippen molar-refractivity contribution < 1.29 is 14.6 Å². The summed E-state index contributed by atoms with van der Waals surface area (Å²) in [5.74, 6) is 0.487. The van der Waals surface area contributed by atoms with Crippen LogP contribution in [0.5, 0.6) is 5.75 Å². The Labute approximate surface area is 113 Å². The highest BCUT2D eigenvalue weighted by atomic mass is 16.5. The molecular weight excluding hydrogens is 242 g/mol. The quantitative estimate of drug-likeness (QED) is 0.885. The number of hydrogen-bond donors (Lipinski definition) is 1. The molecule has 4 heteroatoms. The van der Waals surface area contributed by atoms with Crippen LogP contribution in [0.4, 0.5) is 5.69 Å². The number of anilines is 1. The van der Waals surface area contributed by atoms with Crippen LogP contribution < -0.4 is 9.64 Å². The van der Waals surface area contributed by atoms with Crippen molar-refractivity contribution in [3.8, 4) is 5.75 Å². The Morgan fingerprint density at radius 3 is 2.89 bits per heavy atom. The Morgan fingerprint density at radius 1 is 1.42 bits per heavy atom. The molecule has 1 aromatic rings. The first-order valence-corrected chi connectivity index (χ1v) is 6.79. The first-order valence-electron chi connectivity index (χ1n) is 6.79. The van der Waals surface area contributed by atoms with Crippen molar-refractivity contribution in [2.24, 2.45) is 5.92 Å². The Morgan fingerprint density at radius 2 is 2.16 bits per heavy atom. The zero-order chi connectivity index (χ0) is 13.6. The van der Waals surface area contributed by atoms with Crippen molar-refractivity contribution in [3.05, 3.63) is 23.3 Å². The first kappa shape index (κ1) is 12.3. The van der Waals surface area contributed by atoms with Crippen LogP contribution in [-0.2, 0) is 17.6 Å². The number of carboxylic acid groups (broad SMARTS) is 1. The van der Waals surface area contributed by atoms with Crippen LogP contribution in [0.1, 0.15) is 24.5 Å². The molecule has 0 saturated heterocycles. The van der Waals surface area contributed by atoms with E-state index >= 15 is 0 Å². The van der Waals surface area contributed by atoms with E-state index in [4.69, 9.17) is 9.84 Å². The standard InChI is InChI=1S/C15H19NO3/c1-9-5-12-4-3-11-6-10(7-13(17)18)8-16(2)14(11)15(12)19-9/h3-4,9-10H,5-8H2,1-2H3,(H,17,18). The third-order valence-electron chi connectivity index (χ3n) is 4.01. The van der Waals surface area contributed by atoms with E-state index < -0.39 is 5.97 Å². The fourth-order valence-electron chi connectivity index (χ4n) is 3.32. The summed E-state index contributed by atoms with van der Waals surface area (Å²) in [5, 5.41) is 8.95. The SMILES string of the molecule is CC1Cc2ccc3c(c2O1)N(C)CC(CC(=O)O)C3. The number of hydrogen-bond acceptors (Lipinski definition) is 3. The van der Waals surface area contributed by atoms with Gasteiger partial charge in [0.1, 0.15) is 11.9 Å². The number of carbonyl (C=O) groups is 1. The molecule has 2 unspecified atom stereocenters. The Bertz CT molecular complexity index is 526. The van der Waals surface area contributed by atoms with Gasteiger partial charge in [-0.25, -0.2) is 0 Å². The minimum atomic E-state index is -0.715. The summed E-state index contributed by atoms with van der Waals surface area (Å²) in [6, 6.07) is 4.27. The Kier molecular flexibility index (Phi) is 2.88.